The molecule has 0 aliphatic heterocycles. The molecule has 0 unspecified atom stereocenters. The number of nitrogens with zero attached hydrogens (tertiary/aromatic N) is 1. The zero-order valence-corrected chi connectivity index (χ0v) is 9.51. The summed E-state index contributed by atoms with van der Waals surface area (Å²) in [5, 5.41) is 17.1. The molecule has 0 fully saturated rings. The summed E-state index contributed by atoms with van der Waals surface area (Å²) in [6, 6.07) is 0. The molecule has 0 radical (unpaired) electrons. The number of hydrogen-bond acceptors (Lipinski definition) is 5. The minimum absolute atomic E-state index is 0.00503. The van der Waals surface area contributed by atoms with E-state index in [0.29, 0.717) is 0 Å². The van der Waals surface area contributed by atoms with Crippen molar-refractivity contribution in [2.24, 2.45) is 0 Å². The molecule has 0 aromatic rings. The Morgan fingerprint density at radius 2 is 1.35 bits per heavy atom. The van der Waals surface area contributed by atoms with Gasteiger partial charge in [0.15, 0.2) is 0 Å². The van der Waals surface area contributed by atoms with Crippen LogP contribution in [0.2, 0.25) is 0 Å². The largest absolute Gasteiger partial charge is 0.480 e. The van der Waals surface area contributed by atoms with Crippen LogP contribution in [-0.4, -0.2) is 58.3 Å². The molecular formula is C10H15NO6. The van der Waals surface area contributed by atoms with E-state index in [-0.39, 0.29) is 31.0 Å². The summed E-state index contributed by atoms with van der Waals surface area (Å²) in [6.07, 6.45) is 0.0951. The van der Waals surface area contributed by atoms with E-state index in [1.165, 1.54) is 6.92 Å². The highest BCUT2D eigenvalue weighted by Gasteiger charge is 2.16. The van der Waals surface area contributed by atoms with Crippen LogP contribution in [0.15, 0.2) is 0 Å². The second-order valence-corrected chi connectivity index (χ2v) is 3.67. The van der Waals surface area contributed by atoms with Gasteiger partial charge in [-0.1, -0.05) is 0 Å². The Morgan fingerprint density at radius 3 is 1.71 bits per heavy atom. The fourth-order valence-electron chi connectivity index (χ4n) is 1.19. The molecule has 0 aromatic heterocycles. The molecule has 0 saturated heterocycles. The number of ketones is 2. The predicted molar refractivity (Wildman–Crippen MR) is 56.6 cm³/mol. The van der Waals surface area contributed by atoms with Crippen LogP contribution in [0, 0.1) is 0 Å². The lowest BCUT2D eigenvalue weighted by molar-refractivity contribution is -0.142. The number of carbonyl (C=O) groups is 4. The quantitative estimate of drug-likeness (QED) is 0.557. The van der Waals surface area contributed by atoms with E-state index in [0.717, 1.165) is 4.90 Å². The molecular weight excluding hydrogens is 230 g/mol. The topological polar surface area (TPSA) is 112 Å². The summed E-state index contributed by atoms with van der Waals surface area (Å²) >= 11 is 0. The number of carbonyl (C=O) groups excluding carboxylic acids is 2. The Kier molecular flexibility index (Phi) is 6.73. The van der Waals surface area contributed by atoms with Crippen LogP contribution in [0.5, 0.6) is 0 Å². The lowest BCUT2D eigenvalue weighted by Gasteiger charge is -2.16. The van der Waals surface area contributed by atoms with Crippen LogP contribution in [0.3, 0.4) is 0 Å². The molecule has 2 N–H and O–H groups in total. The molecule has 0 aliphatic rings. The van der Waals surface area contributed by atoms with Gasteiger partial charge in [-0.05, 0) is 6.92 Å². The van der Waals surface area contributed by atoms with Gasteiger partial charge in [0.05, 0.1) is 19.6 Å². The maximum atomic E-state index is 11.3. The molecule has 17 heavy (non-hydrogen) atoms. The van der Waals surface area contributed by atoms with Crippen molar-refractivity contribution in [3.05, 3.63) is 0 Å². The van der Waals surface area contributed by atoms with E-state index in [9.17, 15) is 19.2 Å². The molecule has 0 heterocycles. The van der Waals surface area contributed by atoms with Gasteiger partial charge < -0.3 is 15.0 Å². The zero-order valence-electron chi connectivity index (χ0n) is 9.51. The number of aliphatic carboxylic acids is 2. The van der Waals surface area contributed by atoms with Crippen molar-refractivity contribution in [1.82, 2.24) is 4.90 Å². The highest BCUT2D eigenvalue weighted by Crippen LogP contribution is 1.96. The van der Waals surface area contributed by atoms with E-state index in [1.807, 2.05) is 0 Å². The van der Waals surface area contributed by atoms with Gasteiger partial charge in [0.1, 0.15) is 11.6 Å². The van der Waals surface area contributed by atoms with E-state index >= 15 is 0 Å². The van der Waals surface area contributed by atoms with Crippen LogP contribution < -0.4 is 0 Å². The molecule has 0 saturated carbocycles. The van der Waals surface area contributed by atoms with Crippen LogP contribution in [0.1, 0.15) is 19.8 Å². The molecule has 0 atom stereocenters. The maximum absolute atomic E-state index is 11.3. The average Bonchev–Trinajstić information content (AvgIpc) is 2.12. The molecule has 0 aliphatic carbocycles. The highest BCUT2D eigenvalue weighted by atomic mass is 16.4. The second kappa shape index (κ2) is 7.50. The van der Waals surface area contributed by atoms with Crippen molar-refractivity contribution in [2.45, 2.75) is 19.8 Å². The van der Waals surface area contributed by atoms with E-state index in [4.69, 9.17) is 10.2 Å². The first-order valence-corrected chi connectivity index (χ1v) is 4.98. The Morgan fingerprint density at radius 1 is 0.882 bits per heavy atom. The number of carboxylic acids is 2. The highest BCUT2D eigenvalue weighted by molar-refractivity contribution is 5.86. The van der Waals surface area contributed by atoms with Crippen LogP contribution in [0.4, 0.5) is 0 Å². The third-order valence-electron chi connectivity index (χ3n) is 1.87. The molecule has 0 aromatic carbocycles. The molecule has 96 valence electrons. The van der Waals surface area contributed by atoms with Crippen molar-refractivity contribution < 1.29 is 29.4 Å². The third kappa shape index (κ3) is 9.19. The molecule has 7 heteroatoms. The SMILES string of the molecule is CC(=O)CCC(=O)CN(CC(=O)O)CC(=O)O. The van der Waals surface area contributed by atoms with E-state index in [1.54, 1.807) is 0 Å². The summed E-state index contributed by atoms with van der Waals surface area (Å²) in [7, 11) is 0. The number of Topliss-reactive ketones (excluding diaryl/α,β-unsaturated/α-hetero) is 2. The summed E-state index contributed by atoms with van der Waals surface area (Å²) in [5.41, 5.74) is 0. The van der Waals surface area contributed by atoms with Gasteiger partial charge in [0, 0.05) is 12.8 Å². The maximum Gasteiger partial charge on any atom is 0.317 e. The van der Waals surface area contributed by atoms with Gasteiger partial charge in [-0.25, -0.2) is 0 Å². The van der Waals surface area contributed by atoms with Crippen LogP contribution in [0.25, 0.3) is 0 Å². The molecule has 7 nitrogen and oxygen atoms in total. The first kappa shape index (κ1) is 15.2. The van der Waals surface area contributed by atoms with Crippen molar-refractivity contribution >= 4 is 23.5 Å². The number of carboxylic acid groups (broad SMARTS) is 2. The number of rotatable bonds is 9. The average molecular weight is 245 g/mol. The smallest absolute Gasteiger partial charge is 0.317 e. The Balaban J connectivity index is 4.21. The Bertz CT molecular complexity index is 309. The predicted octanol–water partition coefficient (Wildman–Crippen LogP) is -0.604. The second-order valence-electron chi connectivity index (χ2n) is 3.67. The summed E-state index contributed by atoms with van der Waals surface area (Å²) < 4.78 is 0. The normalized spacial score (nSPS) is 10.2. The van der Waals surface area contributed by atoms with E-state index < -0.39 is 25.0 Å². The summed E-state index contributed by atoms with van der Waals surface area (Å²) in [5.74, 6) is -2.89. The fourth-order valence-corrected chi connectivity index (χ4v) is 1.19. The zero-order chi connectivity index (χ0) is 13.4. The number of hydrogen-bond donors (Lipinski definition) is 2. The minimum atomic E-state index is -1.20. The van der Waals surface area contributed by atoms with Crippen molar-refractivity contribution in [3.63, 3.8) is 0 Å². The third-order valence-corrected chi connectivity index (χ3v) is 1.87. The van der Waals surface area contributed by atoms with Crippen LogP contribution in [-0.2, 0) is 19.2 Å². The molecule has 0 bridgehead atoms. The van der Waals surface area contributed by atoms with Gasteiger partial charge in [-0.3, -0.25) is 19.3 Å². The standard InChI is InChI=1S/C10H15NO6/c1-7(12)2-3-8(13)4-11(5-9(14)15)6-10(16)17/h2-6H2,1H3,(H,14,15)(H,16,17). The van der Waals surface area contributed by atoms with Crippen molar-refractivity contribution in [1.29, 1.82) is 0 Å². The lowest BCUT2D eigenvalue weighted by atomic mass is 10.1. The van der Waals surface area contributed by atoms with Gasteiger partial charge in [-0.2, -0.15) is 0 Å². The Labute approximate surface area is 98.0 Å². The van der Waals surface area contributed by atoms with Gasteiger partial charge in [-0.15, -0.1) is 0 Å². The van der Waals surface area contributed by atoms with E-state index in [2.05, 4.69) is 0 Å². The Hall–Kier alpha value is -1.76. The molecule has 0 rings (SSSR count). The molecule has 0 spiro atoms. The lowest BCUT2D eigenvalue weighted by Crippen LogP contribution is -2.38. The minimum Gasteiger partial charge on any atom is -0.480 e. The first-order chi connectivity index (χ1) is 7.81. The fraction of sp³-hybridized carbons (Fsp3) is 0.600. The summed E-state index contributed by atoms with van der Waals surface area (Å²) in [4.78, 5) is 43.9. The van der Waals surface area contributed by atoms with Crippen molar-refractivity contribution in [3.8, 4) is 0 Å². The van der Waals surface area contributed by atoms with Gasteiger partial charge >= 0.3 is 11.9 Å². The van der Waals surface area contributed by atoms with Crippen molar-refractivity contribution in [2.75, 3.05) is 19.6 Å². The van der Waals surface area contributed by atoms with Gasteiger partial charge in [0.25, 0.3) is 0 Å². The van der Waals surface area contributed by atoms with Gasteiger partial charge in [0.2, 0.25) is 0 Å². The molecule has 0 amide bonds. The monoisotopic (exact) mass is 245 g/mol. The summed E-state index contributed by atoms with van der Waals surface area (Å²) in [6.45, 7) is 0.0433. The first-order valence-electron chi connectivity index (χ1n) is 4.98. The van der Waals surface area contributed by atoms with Crippen LogP contribution >= 0.6 is 0 Å².